The standard InChI is InChI=1S/C14H21ClN2/c1-17(2)13-7-6-11(10-12(13)15)14(16)8-4-3-5-9-14/h6-7,10H,3-5,8-9,16H2,1-2H3. The van der Waals surface area contributed by atoms with Crippen molar-refractivity contribution < 1.29 is 0 Å². The molecule has 0 unspecified atom stereocenters. The first-order valence-corrected chi connectivity index (χ1v) is 6.67. The van der Waals surface area contributed by atoms with Gasteiger partial charge in [-0.05, 0) is 30.5 Å². The van der Waals surface area contributed by atoms with Crippen LogP contribution in [-0.2, 0) is 5.54 Å². The van der Waals surface area contributed by atoms with Gasteiger partial charge in [-0.15, -0.1) is 0 Å². The van der Waals surface area contributed by atoms with Crippen molar-refractivity contribution in [2.75, 3.05) is 19.0 Å². The number of nitrogens with two attached hydrogens (primary N) is 1. The molecule has 0 aromatic heterocycles. The molecule has 2 nitrogen and oxygen atoms in total. The minimum Gasteiger partial charge on any atom is -0.376 e. The first kappa shape index (κ1) is 12.7. The van der Waals surface area contributed by atoms with Gasteiger partial charge >= 0.3 is 0 Å². The Balaban J connectivity index is 2.30. The van der Waals surface area contributed by atoms with Crippen LogP contribution in [0.15, 0.2) is 18.2 Å². The van der Waals surface area contributed by atoms with Crippen LogP contribution in [0.25, 0.3) is 0 Å². The van der Waals surface area contributed by atoms with E-state index in [1.165, 1.54) is 24.8 Å². The Hall–Kier alpha value is -0.730. The lowest BCUT2D eigenvalue weighted by Gasteiger charge is -2.34. The third kappa shape index (κ3) is 2.58. The molecule has 0 aliphatic heterocycles. The van der Waals surface area contributed by atoms with Gasteiger partial charge in [0.05, 0.1) is 10.7 Å². The van der Waals surface area contributed by atoms with Crippen molar-refractivity contribution >= 4 is 17.3 Å². The van der Waals surface area contributed by atoms with Gasteiger partial charge < -0.3 is 10.6 Å². The molecule has 2 rings (SSSR count). The smallest absolute Gasteiger partial charge is 0.0642 e. The Bertz CT molecular complexity index is 395. The lowest BCUT2D eigenvalue weighted by atomic mass is 9.77. The Morgan fingerprint density at radius 1 is 1.18 bits per heavy atom. The molecule has 94 valence electrons. The summed E-state index contributed by atoms with van der Waals surface area (Å²) in [5, 5.41) is 0.794. The van der Waals surface area contributed by atoms with Crippen molar-refractivity contribution in [3.05, 3.63) is 28.8 Å². The van der Waals surface area contributed by atoms with Crippen LogP contribution in [0, 0.1) is 0 Å². The summed E-state index contributed by atoms with van der Waals surface area (Å²) in [4.78, 5) is 2.02. The monoisotopic (exact) mass is 252 g/mol. The number of halogens is 1. The molecule has 1 saturated carbocycles. The maximum atomic E-state index is 6.50. The molecule has 1 aromatic carbocycles. The SMILES string of the molecule is CN(C)c1ccc(C2(N)CCCCC2)cc1Cl. The molecule has 0 saturated heterocycles. The van der Waals surface area contributed by atoms with E-state index in [1.807, 2.05) is 25.1 Å². The molecule has 2 N–H and O–H groups in total. The highest BCUT2D eigenvalue weighted by Crippen LogP contribution is 2.37. The zero-order valence-electron chi connectivity index (χ0n) is 10.7. The fourth-order valence-corrected chi connectivity index (χ4v) is 3.00. The van der Waals surface area contributed by atoms with Gasteiger partial charge in [-0.2, -0.15) is 0 Å². The average molecular weight is 253 g/mol. The molecule has 0 atom stereocenters. The van der Waals surface area contributed by atoms with Crippen LogP contribution in [0.3, 0.4) is 0 Å². The first-order chi connectivity index (χ1) is 8.03. The van der Waals surface area contributed by atoms with E-state index in [0.717, 1.165) is 23.6 Å². The lowest BCUT2D eigenvalue weighted by molar-refractivity contribution is 0.302. The molecule has 0 radical (unpaired) electrons. The summed E-state index contributed by atoms with van der Waals surface area (Å²) in [5.74, 6) is 0. The van der Waals surface area contributed by atoms with Crippen LogP contribution in [-0.4, -0.2) is 14.1 Å². The van der Waals surface area contributed by atoms with Crippen LogP contribution in [0.1, 0.15) is 37.7 Å². The number of rotatable bonds is 2. The second kappa shape index (κ2) is 4.87. The predicted octanol–water partition coefficient (Wildman–Crippen LogP) is 3.52. The molecule has 1 fully saturated rings. The second-order valence-corrected chi connectivity index (χ2v) is 5.68. The predicted molar refractivity (Wildman–Crippen MR) is 74.7 cm³/mol. The largest absolute Gasteiger partial charge is 0.376 e. The molecule has 1 aliphatic rings. The number of benzene rings is 1. The number of hydrogen-bond acceptors (Lipinski definition) is 2. The summed E-state index contributed by atoms with van der Waals surface area (Å²) in [5.41, 5.74) is 8.58. The normalized spacial score (nSPS) is 19.1. The van der Waals surface area contributed by atoms with Gasteiger partial charge in [-0.1, -0.05) is 36.9 Å². The van der Waals surface area contributed by atoms with Gasteiger partial charge in [0.15, 0.2) is 0 Å². The highest BCUT2D eigenvalue weighted by atomic mass is 35.5. The van der Waals surface area contributed by atoms with Crippen LogP contribution >= 0.6 is 11.6 Å². The van der Waals surface area contributed by atoms with E-state index in [-0.39, 0.29) is 5.54 Å². The van der Waals surface area contributed by atoms with E-state index < -0.39 is 0 Å². The van der Waals surface area contributed by atoms with Crippen LogP contribution in [0.5, 0.6) is 0 Å². The molecule has 0 bridgehead atoms. The highest BCUT2D eigenvalue weighted by Gasteiger charge is 2.29. The van der Waals surface area contributed by atoms with E-state index in [9.17, 15) is 0 Å². The van der Waals surface area contributed by atoms with Crippen molar-refractivity contribution in [3.63, 3.8) is 0 Å². The zero-order valence-corrected chi connectivity index (χ0v) is 11.4. The molecule has 17 heavy (non-hydrogen) atoms. The van der Waals surface area contributed by atoms with Crippen molar-refractivity contribution in [1.29, 1.82) is 0 Å². The summed E-state index contributed by atoms with van der Waals surface area (Å²) in [6.07, 6.45) is 5.91. The quantitative estimate of drug-likeness (QED) is 0.873. The van der Waals surface area contributed by atoms with Crippen molar-refractivity contribution in [3.8, 4) is 0 Å². The van der Waals surface area contributed by atoms with E-state index in [1.54, 1.807) is 0 Å². The third-order valence-corrected chi connectivity index (χ3v) is 4.05. The average Bonchev–Trinajstić information content (AvgIpc) is 2.29. The lowest BCUT2D eigenvalue weighted by Crippen LogP contribution is -2.38. The number of hydrogen-bond donors (Lipinski definition) is 1. The molecule has 3 heteroatoms. The van der Waals surface area contributed by atoms with Crippen LogP contribution in [0.2, 0.25) is 5.02 Å². The summed E-state index contributed by atoms with van der Waals surface area (Å²) in [6, 6.07) is 6.25. The van der Waals surface area contributed by atoms with Crippen molar-refractivity contribution in [1.82, 2.24) is 0 Å². The minimum absolute atomic E-state index is 0.160. The van der Waals surface area contributed by atoms with E-state index in [2.05, 4.69) is 12.1 Å². The van der Waals surface area contributed by atoms with Gasteiger partial charge in [0.1, 0.15) is 0 Å². The van der Waals surface area contributed by atoms with E-state index in [4.69, 9.17) is 17.3 Å². The van der Waals surface area contributed by atoms with E-state index >= 15 is 0 Å². The fraction of sp³-hybridized carbons (Fsp3) is 0.571. The van der Waals surface area contributed by atoms with Gasteiger partial charge in [-0.3, -0.25) is 0 Å². The van der Waals surface area contributed by atoms with Crippen LogP contribution < -0.4 is 10.6 Å². The van der Waals surface area contributed by atoms with Gasteiger partial charge in [0.2, 0.25) is 0 Å². The topological polar surface area (TPSA) is 29.3 Å². The van der Waals surface area contributed by atoms with Gasteiger partial charge in [0.25, 0.3) is 0 Å². The van der Waals surface area contributed by atoms with Gasteiger partial charge in [0, 0.05) is 19.6 Å². The third-order valence-electron chi connectivity index (χ3n) is 3.75. The summed E-state index contributed by atoms with van der Waals surface area (Å²) in [7, 11) is 4.00. The summed E-state index contributed by atoms with van der Waals surface area (Å²) < 4.78 is 0. The molecule has 0 spiro atoms. The highest BCUT2D eigenvalue weighted by molar-refractivity contribution is 6.33. The maximum absolute atomic E-state index is 6.50. The van der Waals surface area contributed by atoms with Crippen molar-refractivity contribution in [2.24, 2.45) is 5.73 Å². The molecular weight excluding hydrogens is 232 g/mol. The van der Waals surface area contributed by atoms with Crippen LogP contribution in [0.4, 0.5) is 5.69 Å². The molecule has 0 heterocycles. The fourth-order valence-electron chi connectivity index (χ4n) is 2.65. The number of nitrogens with zero attached hydrogens (tertiary/aromatic N) is 1. The van der Waals surface area contributed by atoms with Gasteiger partial charge in [-0.25, -0.2) is 0 Å². The Morgan fingerprint density at radius 2 is 1.82 bits per heavy atom. The second-order valence-electron chi connectivity index (χ2n) is 5.28. The molecule has 1 aromatic rings. The molecular formula is C14H21ClN2. The Kier molecular flexibility index (Phi) is 3.64. The minimum atomic E-state index is -0.160. The van der Waals surface area contributed by atoms with Crippen molar-refractivity contribution in [2.45, 2.75) is 37.6 Å². The first-order valence-electron chi connectivity index (χ1n) is 6.29. The maximum Gasteiger partial charge on any atom is 0.0642 e. The number of anilines is 1. The Morgan fingerprint density at radius 3 is 2.35 bits per heavy atom. The Labute approximate surface area is 109 Å². The molecule has 0 amide bonds. The summed E-state index contributed by atoms with van der Waals surface area (Å²) in [6.45, 7) is 0. The van der Waals surface area contributed by atoms with E-state index in [0.29, 0.717) is 0 Å². The zero-order chi connectivity index (χ0) is 12.5. The summed E-state index contributed by atoms with van der Waals surface area (Å²) >= 11 is 6.31. The molecule has 1 aliphatic carbocycles.